The van der Waals surface area contributed by atoms with Gasteiger partial charge in [0.05, 0.1) is 31.8 Å². The molecule has 1 amide bonds. The maximum absolute atomic E-state index is 12.7. The van der Waals surface area contributed by atoms with E-state index in [1.54, 1.807) is 62.6 Å². The van der Waals surface area contributed by atoms with E-state index in [1.807, 2.05) is 6.07 Å². The van der Waals surface area contributed by atoms with Crippen molar-refractivity contribution in [1.29, 1.82) is 0 Å². The molecule has 156 valence electrons. The number of aryl methyl sites for hydroxylation is 1. The first-order valence-corrected chi connectivity index (χ1v) is 9.31. The molecule has 30 heavy (non-hydrogen) atoms. The number of hydrogen-bond donors (Lipinski definition) is 1. The molecule has 7 nitrogen and oxygen atoms in total. The summed E-state index contributed by atoms with van der Waals surface area (Å²) in [5.41, 5.74) is 1.72. The molecule has 1 aromatic heterocycles. The molecular formula is C23H22NO6-. The van der Waals surface area contributed by atoms with Crippen LogP contribution in [0.4, 0.5) is 0 Å². The minimum absolute atomic E-state index is 0.119. The molecule has 3 aromatic rings. The van der Waals surface area contributed by atoms with Crippen LogP contribution in [-0.2, 0) is 11.2 Å². The number of furan rings is 1. The first kappa shape index (κ1) is 21.0. The zero-order chi connectivity index (χ0) is 21.7. The van der Waals surface area contributed by atoms with Crippen molar-refractivity contribution >= 4 is 11.9 Å². The summed E-state index contributed by atoms with van der Waals surface area (Å²) in [6.07, 6.45) is 0.119. The van der Waals surface area contributed by atoms with Crippen molar-refractivity contribution in [2.45, 2.75) is 19.4 Å². The van der Waals surface area contributed by atoms with Crippen LogP contribution in [0.15, 0.2) is 59.0 Å². The van der Waals surface area contributed by atoms with Gasteiger partial charge in [0.1, 0.15) is 11.5 Å². The summed E-state index contributed by atoms with van der Waals surface area (Å²) in [4.78, 5) is 24.3. The molecule has 0 bridgehead atoms. The van der Waals surface area contributed by atoms with Gasteiger partial charge in [-0.2, -0.15) is 0 Å². The van der Waals surface area contributed by atoms with Crippen molar-refractivity contribution < 1.29 is 28.6 Å². The number of rotatable bonds is 8. The Morgan fingerprint density at radius 3 is 2.37 bits per heavy atom. The second-order valence-corrected chi connectivity index (χ2v) is 6.69. The Balaban J connectivity index is 1.81. The number of amides is 1. The fourth-order valence-electron chi connectivity index (χ4n) is 3.12. The summed E-state index contributed by atoms with van der Waals surface area (Å²) in [7, 11) is 3.07. The van der Waals surface area contributed by atoms with Crippen molar-refractivity contribution in [3.05, 3.63) is 71.5 Å². The van der Waals surface area contributed by atoms with E-state index < -0.39 is 17.9 Å². The molecular weight excluding hydrogens is 386 g/mol. The predicted octanol–water partition coefficient (Wildman–Crippen LogP) is 2.36. The zero-order valence-electron chi connectivity index (χ0n) is 16.9. The van der Waals surface area contributed by atoms with Gasteiger partial charge in [-0.1, -0.05) is 30.3 Å². The van der Waals surface area contributed by atoms with Gasteiger partial charge in [-0.05, 0) is 43.2 Å². The van der Waals surface area contributed by atoms with E-state index in [0.717, 1.165) is 5.56 Å². The normalized spacial score (nSPS) is 11.6. The number of carboxylic acids is 1. The Morgan fingerprint density at radius 2 is 1.73 bits per heavy atom. The lowest BCUT2D eigenvalue weighted by molar-refractivity contribution is -0.308. The van der Waals surface area contributed by atoms with E-state index in [0.29, 0.717) is 28.6 Å². The molecule has 0 spiro atoms. The van der Waals surface area contributed by atoms with Gasteiger partial charge < -0.3 is 29.1 Å². The van der Waals surface area contributed by atoms with Gasteiger partial charge in [0.25, 0.3) is 5.91 Å². The number of methoxy groups -OCH3 is 2. The molecule has 0 aliphatic carbocycles. The fraction of sp³-hybridized carbons (Fsp3) is 0.217. The highest BCUT2D eigenvalue weighted by molar-refractivity contribution is 5.98. The molecule has 0 saturated carbocycles. The summed E-state index contributed by atoms with van der Waals surface area (Å²) in [6, 6.07) is 14.7. The number of aliphatic carboxylic acids is 1. The van der Waals surface area contributed by atoms with Gasteiger partial charge in [0.15, 0.2) is 11.5 Å². The minimum Gasteiger partial charge on any atom is -0.548 e. The van der Waals surface area contributed by atoms with Crippen molar-refractivity contribution in [3.8, 4) is 22.8 Å². The van der Waals surface area contributed by atoms with Gasteiger partial charge in [-0.15, -0.1) is 0 Å². The predicted molar refractivity (Wildman–Crippen MR) is 108 cm³/mol. The Bertz CT molecular complexity index is 1040. The zero-order valence-corrected chi connectivity index (χ0v) is 16.9. The van der Waals surface area contributed by atoms with Crippen LogP contribution in [0.1, 0.15) is 21.7 Å². The summed E-state index contributed by atoms with van der Waals surface area (Å²) >= 11 is 0. The van der Waals surface area contributed by atoms with E-state index in [9.17, 15) is 14.7 Å². The quantitative estimate of drug-likeness (QED) is 0.614. The monoisotopic (exact) mass is 408 g/mol. The Hall–Kier alpha value is -3.74. The molecule has 0 radical (unpaired) electrons. The standard InChI is InChI=1S/C23H23NO6/c1-14-17(13-20(30-14)16-9-10-19(28-2)21(12-16)29-3)22(25)24-18(23(26)27)11-15-7-5-4-6-8-15/h4-10,12-13,18H,11H2,1-3H3,(H,24,25)(H,26,27)/p-1/t18-/m1/s1. The molecule has 1 atom stereocenters. The number of carbonyl (C=O) groups is 2. The lowest BCUT2D eigenvalue weighted by atomic mass is 10.1. The Morgan fingerprint density at radius 1 is 1.03 bits per heavy atom. The van der Waals surface area contributed by atoms with Gasteiger partial charge in [-0.3, -0.25) is 4.79 Å². The third-order valence-corrected chi connectivity index (χ3v) is 4.70. The number of carboxylic acid groups (broad SMARTS) is 1. The summed E-state index contributed by atoms with van der Waals surface area (Å²) < 4.78 is 16.3. The van der Waals surface area contributed by atoms with Crippen molar-refractivity contribution in [1.82, 2.24) is 5.32 Å². The first-order valence-electron chi connectivity index (χ1n) is 9.31. The third-order valence-electron chi connectivity index (χ3n) is 4.70. The van der Waals surface area contributed by atoms with E-state index >= 15 is 0 Å². The molecule has 0 aliphatic heterocycles. The average Bonchev–Trinajstić information content (AvgIpc) is 3.15. The molecule has 3 rings (SSSR count). The van der Waals surface area contributed by atoms with E-state index in [2.05, 4.69) is 5.32 Å². The topological polar surface area (TPSA) is 101 Å². The Kier molecular flexibility index (Phi) is 6.41. The largest absolute Gasteiger partial charge is 0.548 e. The molecule has 7 heteroatoms. The van der Waals surface area contributed by atoms with Crippen molar-refractivity contribution in [3.63, 3.8) is 0 Å². The van der Waals surface area contributed by atoms with Crippen molar-refractivity contribution in [2.75, 3.05) is 14.2 Å². The number of benzene rings is 2. The van der Waals surface area contributed by atoms with Crippen LogP contribution in [0, 0.1) is 6.92 Å². The molecule has 1 heterocycles. The lowest BCUT2D eigenvalue weighted by Gasteiger charge is -2.19. The Labute approximate surface area is 174 Å². The molecule has 0 fully saturated rings. The third kappa shape index (κ3) is 4.63. The van der Waals surface area contributed by atoms with E-state index in [1.165, 1.54) is 7.11 Å². The van der Waals surface area contributed by atoms with Gasteiger partial charge in [-0.25, -0.2) is 0 Å². The SMILES string of the molecule is COc1ccc(-c2cc(C(=O)N[C@H](Cc3ccccc3)C(=O)[O-])c(C)o2)cc1OC. The fourth-order valence-corrected chi connectivity index (χ4v) is 3.12. The highest BCUT2D eigenvalue weighted by Gasteiger charge is 2.21. The molecule has 0 unspecified atom stereocenters. The molecule has 0 saturated heterocycles. The van der Waals surface area contributed by atoms with Gasteiger partial charge in [0.2, 0.25) is 0 Å². The number of nitrogens with one attached hydrogen (secondary N) is 1. The highest BCUT2D eigenvalue weighted by atomic mass is 16.5. The van der Waals surface area contributed by atoms with Crippen LogP contribution in [0.3, 0.4) is 0 Å². The highest BCUT2D eigenvalue weighted by Crippen LogP contribution is 2.34. The van der Waals surface area contributed by atoms with Crippen LogP contribution >= 0.6 is 0 Å². The van der Waals surface area contributed by atoms with Crippen LogP contribution in [-0.4, -0.2) is 32.1 Å². The van der Waals surface area contributed by atoms with E-state index in [-0.39, 0.29) is 12.0 Å². The lowest BCUT2D eigenvalue weighted by Crippen LogP contribution is -2.49. The number of hydrogen-bond acceptors (Lipinski definition) is 6. The van der Waals surface area contributed by atoms with Gasteiger partial charge >= 0.3 is 0 Å². The smallest absolute Gasteiger partial charge is 0.255 e. The summed E-state index contributed by atoms with van der Waals surface area (Å²) in [5.74, 6) is 0.0115. The average molecular weight is 408 g/mol. The second kappa shape index (κ2) is 9.17. The van der Waals surface area contributed by atoms with Crippen molar-refractivity contribution in [2.24, 2.45) is 0 Å². The molecule has 1 N–H and O–H groups in total. The van der Waals surface area contributed by atoms with Crippen LogP contribution < -0.4 is 19.9 Å². The van der Waals surface area contributed by atoms with E-state index in [4.69, 9.17) is 13.9 Å². The maximum atomic E-state index is 12.7. The molecule has 0 aliphatic rings. The van der Waals surface area contributed by atoms with Crippen LogP contribution in [0.25, 0.3) is 11.3 Å². The summed E-state index contributed by atoms with van der Waals surface area (Å²) in [5, 5.41) is 14.1. The minimum atomic E-state index is -1.35. The maximum Gasteiger partial charge on any atom is 0.255 e. The van der Waals surface area contributed by atoms with Gasteiger partial charge in [0, 0.05) is 5.56 Å². The molecule has 2 aromatic carbocycles. The van der Waals surface area contributed by atoms with Crippen LogP contribution in [0.5, 0.6) is 11.5 Å². The van der Waals surface area contributed by atoms with Crippen LogP contribution in [0.2, 0.25) is 0 Å². The number of carbonyl (C=O) groups excluding carboxylic acids is 2. The number of ether oxygens (including phenoxy) is 2. The summed E-state index contributed by atoms with van der Waals surface area (Å²) in [6.45, 7) is 1.64. The second-order valence-electron chi connectivity index (χ2n) is 6.69. The first-order chi connectivity index (χ1) is 14.4.